The predicted molar refractivity (Wildman–Crippen MR) is 119 cm³/mol. The highest BCUT2D eigenvalue weighted by Gasteiger charge is 2.30. The zero-order valence-electron chi connectivity index (χ0n) is 17.5. The molecule has 0 radical (unpaired) electrons. The van der Waals surface area contributed by atoms with Crippen LogP contribution in [0.15, 0.2) is 64.5 Å². The second-order valence-corrected chi connectivity index (χ2v) is 11.5. The molecule has 1 aliphatic rings. The molecule has 1 fully saturated rings. The fourth-order valence-electron chi connectivity index (χ4n) is 3.94. The van der Waals surface area contributed by atoms with Crippen molar-refractivity contribution in [2.75, 3.05) is 13.2 Å². The van der Waals surface area contributed by atoms with Crippen LogP contribution in [0.3, 0.4) is 0 Å². The normalized spacial score (nSPS) is 16.2. The molecule has 4 rings (SSSR count). The summed E-state index contributed by atoms with van der Waals surface area (Å²) in [5, 5.41) is 0.441. The van der Waals surface area contributed by atoms with Gasteiger partial charge in [-0.05, 0) is 42.5 Å². The van der Waals surface area contributed by atoms with Crippen LogP contribution in [-0.4, -0.2) is 40.1 Å². The lowest BCUT2D eigenvalue weighted by atomic mass is 9.99. The van der Waals surface area contributed by atoms with Gasteiger partial charge in [0.2, 0.25) is 10.0 Å². The van der Waals surface area contributed by atoms with Gasteiger partial charge in [0.1, 0.15) is 4.90 Å². The Hall–Kier alpha value is -2.20. The van der Waals surface area contributed by atoms with Crippen LogP contribution in [0.2, 0.25) is 0 Å². The minimum Gasteiger partial charge on any atom is -0.381 e. The fraction of sp³-hybridized carbons (Fsp3) is 0.364. The number of nitrogens with zero attached hydrogens (tertiary/aromatic N) is 1. The zero-order chi connectivity index (χ0) is 22.2. The van der Waals surface area contributed by atoms with Gasteiger partial charge in [-0.25, -0.2) is 25.5 Å². The topological polar surface area (TPSA) is 94.5 Å². The Kier molecular flexibility index (Phi) is 5.95. The van der Waals surface area contributed by atoms with Crippen molar-refractivity contribution in [3.63, 3.8) is 0 Å². The van der Waals surface area contributed by atoms with Gasteiger partial charge in [-0.3, -0.25) is 0 Å². The number of rotatable bonds is 6. The van der Waals surface area contributed by atoms with E-state index in [-0.39, 0.29) is 21.8 Å². The number of benzene rings is 2. The van der Waals surface area contributed by atoms with Crippen LogP contribution in [0.4, 0.5) is 0 Å². The molecular formula is C22H26N2O5S2. The molecule has 0 amide bonds. The third kappa shape index (κ3) is 4.15. The van der Waals surface area contributed by atoms with Crippen LogP contribution in [0.5, 0.6) is 0 Å². The van der Waals surface area contributed by atoms with E-state index in [2.05, 4.69) is 4.72 Å². The Balaban J connectivity index is 1.93. The molecule has 2 heterocycles. The molecule has 0 saturated carbocycles. The molecule has 0 bridgehead atoms. The van der Waals surface area contributed by atoms with E-state index in [1.54, 1.807) is 30.3 Å². The van der Waals surface area contributed by atoms with Crippen molar-refractivity contribution in [3.05, 3.63) is 60.3 Å². The fourth-order valence-corrected chi connectivity index (χ4v) is 6.93. The summed E-state index contributed by atoms with van der Waals surface area (Å²) < 4.78 is 62.8. The van der Waals surface area contributed by atoms with Crippen LogP contribution < -0.4 is 4.72 Å². The van der Waals surface area contributed by atoms with Crippen LogP contribution >= 0.6 is 0 Å². The number of aromatic nitrogens is 1. The molecule has 0 spiro atoms. The zero-order valence-corrected chi connectivity index (χ0v) is 19.1. The van der Waals surface area contributed by atoms with Crippen molar-refractivity contribution >= 4 is 30.9 Å². The van der Waals surface area contributed by atoms with Crippen LogP contribution in [0.25, 0.3) is 10.9 Å². The maximum atomic E-state index is 13.4. The van der Waals surface area contributed by atoms with Gasteiger partial charge in [0.15, 0.2) is 0 Å². The van der Waals surface area contributed by atoms with E-state index in [0.29, 0.717) is 37.0 Å². The first kappa shape index (κ1) is 22.0. The Labute approximate surface area is 183 Å². The van der Waals surface area contributed by atoms with Gasteiger partial charge in [-0.2, -0.15) is 0 Å². The third-order valence-electron chi connectivity index (χ3n) is 5.55. The van der Waals surface area contributed by atoms with Crippen LogP contribution in [-0.2, 0) is 24.8 Å². The first-order valence-electron chi connectivity index (χ1n) is 10.3. The van der Waals surface area contributed by atoms with Crippen LogP contribution in [0, 0.1) is 0 Å². The molecule has 7 nitrogen and oxygen atoms in total. The average Bonchev–Trinajstić information content (AvgIpc) is 3.16. The molecule has 2 aromatic carbocycles. The summed E-state index contributed by atoms with van der Waals surface area (Å²) in [6.45, 7) is 4.91. The highest BCUT2D eigenvalue weighted by molar-refractivity contribution is 7.91. The molecule has 31 heavy (non-hydrogen) atoms. The maximum Gasteiger partial charge on any atom is 0.268 e. The van der Waals surface area contributed by atoms with E-state index in [1.165, 1.54) is 18.3 Å². The van der Waals surface area contributed by atoms with E-state index >= 15 is 0 Å². The molecule has 3 aromatic rings. The molecule has 0 unspecified atom stereocenters. The molecule has 0 atom stereocenters. The summed E-state index contributed by atoms with van der Waals surface area (Å²) in [5.41, 5.74) is 1.13. The van der Waals surface area contributed by atoms with Gasteiger partial charge < -0.3 is 4.74 Å². The van der Waals surface area contributed by atoms with Crippen molar-refractivity contribution in [2.24, 2.45) is 0 Å². The molecule has 1 aromatic heterocycles. The lowest BCUT2D eigenvalue weighted by Gasteiger charge is -2.23. The Morgan fingerprint density at radius 3 is 2.29 bits per heavy atom. The Bertz CT molecular complexity index is 1290. The van der Waals surface area contributed by atoms with E-state index in [1.807, 2.05) is 19.9 Å². The number of nitrogens with one attached hydrogen (secondary N) is 1. The van der Waals surface area contributed by atoms with Crippen molar-refractivity contribution in [3.8, 4) is 0 Å². The smallest absolute Gasteiger partial charge is 0.268 e. The van der Waals surface area contributed by atoms with Gasteiger partial charge in [0, 0.05) is 30.8 Å². The van der Waals surface area contributed by atoms with Crippen molar-refractivity contribution in [1.29, 1.82) is 0 Å². The number of hydrogen-bond donors (Lipinski definition) is 1. The van der Waals surface area contributed by atoms with E-state index in [9.17, 15) is 16.8 Å². The van der Waals surface area contributed by atoms with E-state index in [0.717, 1.165) is 9.54 Å². The lowest BCUT2D eigenvalue weighted by Crippen LogP contribution is -2.38. The van der Waals surface area contributed by atoms with Crippen molar-refractivity contribution < 1.29 is 21.6 Å². The summed E-state index contributed by atoms with van der Waals surface area (Å²) in [4.78, 5) is 0.0842. The summed E-state index contributed by atoms with van der Waals surface area (Å²) in [6.07, 6.45) is 2.40. The van der Waals surface area contributed by atoms with Crippen LogP contribution in [0.1, 0.15) is 38.2 Å². The molecule has 9 heteroatoms. The number of ether oxygens (including phenoxy) is 1. The first-order valence-corrected chi connectivity index (χ1v) is 13.2. The second kappa shape index (κ2) is 8.38. The lowest BCUT2D eigenvalue weighted by molar-refractivity contribution is 0.0832. The van der Waals surface area contributed by atoms with Gasteiger partial charge in [0.05, 0.1) is 10.4 Å². The summed E-state index contributed by atoms with van der Waals surface area (Å²) in [5.74, 6) is 0.0102. The molecular weight excluding hydrogens is 436 g/mol. The SMILES string of the molecule is CC(C)c1cccc2c1c(S(=O)(=O)NC1CCOCC1)cn2S(=O)(=O)c1ccccc1. The molecule has 1 aliphatic heterocycles. The average molecular weight is 463 g/mol. The van der Waals surface area contributed by atoms with Crippen molar-refractivity contribution in [2.45, 2.75) is 48.4 Å². The quantitative estimate of drug-likeness (QED) is 0.605. The first-order chi connectivity index (χ1) is 14.7. The highest BCUT2D eigenvalue weighted by atomic mass is 32.2. The van der Waals surface area contributed by atoms with Gasteiger partial charge in [-0.1, -0.05) is 44.2 Å². The Morgan fingerprint density at radius 2 is 1.65 bits per heavy atom. The van der Waals surface area contributed by atoms with Crippen molar-refractivity contribution in [1.82, 2.24) is 8.69 Å². The summed E-state index contributed by atoms with van der Waals surface area (Å²) >= 11 is 0. The molecule has 1 N–H and O–H groups in total. The monoisotopic (exact) mass is 462 g/mol. The minimum absolute atomic E-state index is 0.0102. The number of fused-ring (bicyclic) bond motifs is 1. The van der Waals surface area contributed by atoms with Gasteiger partial charge in [0.25, 0.3) is 10.0 Å². The minimum atomic E-state index is -3.98. The third-order valence-corrected chi connectivity index (χ3v) is 8.77. The number of sulfonamides is 1. The van der Waals surface area contributed by atoms with Gasteiger partial charge >= 0.3 is 0 Å². The molecule has 166 valence electrons. The maximum absolute atomic E-state index is 13.4. The number of hydrogen-bond acceptors (Lipinski definition) is 5. The predicted octanol–water partition coefficient (Wildman–Crippen LogP) is 3.46. The van der Waals surface area contributed by atoms with Gasteiger partial charge in [-0.15, -0.1) is 0 Å². The highest BCUT2D eigenvalue weighted by Crippen LogP contribution is 2.35. The van der Waals surface area contributed by atoms with E-state index in [4.69, 9.17) is 4.74 Å². The summed E-state index contributed by atoms with van der Waals surface area (Å²) in [7, 11) is -7.93. The van der Waals surface area contributed by atoms with E-state index < -0.39 is 20.0 Å². The second-order valence-electron chi connectivity index (χ2n) is 8.01. The standard InChI is InChI=1S/C22H26N2O5S2/c1-16(2)19-9-6-10-20-22(19)21(30(25,26)23-17-11-13-29-14-12-17)15-24(20)31(27,28)18-7-4-3-5-8-18/h3-10,15-17,23H,11-14H2,1-2H3. The molecule has 1 saturated heterocycles. The molecule has 0 aliphatic carbocycles. The largest absolute Gasteiger partial charge is 0.381 e. The Morgan fingerprint density at radius 1 is 0.968 bits per heavy atom. The summed E-state index contributed by atoms with van der Waals surface area (Å²) in [6, 6.07) is 13.0.